The third kappa shape index (κ3) is 3.14. The van der Waals surface area contributed by atoms with Gasteiger partial charge in [-0.2, -0.15) is 9.40 Å². The number of sulfonamides is 1. The average molecular weight is 288 g/mol. The van der Waals surface area contributed by atoms with E-state index in [1.54, 1.807) is 20.4 Å². The zero-order valence-corrected chi connectivity index (χ0v) is 12.0. The molecular formula is C11H20N4O3S. The van der Waals surface area contributed by atoms with E-state index in [1.165, 1.54) is 4.31 Å². The predicted molar refractivity (Wildman–Crippen MR) is 70.1 cm³/mol. The van der Waals surface area contributed by atoms with Gasteiger partial charge >= 0.3 is 0 Å². The highest BCUT2D eigenvalue weighted by Crippen LogP contribution is 2.32. The predicted octanol–water partition coefficient (Wildman–Crippen LogP) is -0.0714. The smallest absolute Gasteiger partial charge is 0.260 e. The first kappa shape index (κ1) is 14.4. The summed E-state index contributed by atoms with van der Waals surface area (Å²) in [5.41, 5.74) is 0.658. The van der Waals surface area contributed by atoms with Crippen LogP contribution in [0.2, 0.25) is 0 Å². The molecule has 2 N–H and O–H groups in total. The number of hydrogen-bond acceptors (Lipinski definition) is 5. The quantitative estimate of drug-likeness (QED) is 0.699. The van der Waals surface area contributed by atoms with Crippen molar-refractivity contribution in [3.8, 4) is 0 Å². The van der Waals surface area contributed by atoms with Gasteiger partial charge < -0.3 is 10.1 Å². The van der Waals surface area contributed by atoms with Crippen molar-refractivity contribution < 1.29 is 13.2 Å². The molecule has 1 aliphatic rings. The summed E-state index contributed by atoms with van der Waals surface area (Å²) in [6, 6.07) is 0.103. The minimum Gasteiger partial charge on any atom is -0.383 e. The second kappa shape index (κ2) is 6.00. The number of nitrogens with zero attached hydrogens (tertiary/aromatic N) is 2. The van der Waals surface area contributed by atoms with Gasteiger partial charge in [0.1, 0.15) is 0 Å². The molecule has 8 heteroatoms. The van der Waals surface area contributed by atoms with Crippen molar-refractivity contribution in [2.45, 2.75) is 30.5 Å². The van der Waals surface area contributed by atoms with Crippen LogP contribution in [-0.2, 0) is 21.3 Å². The molecule has 0 atom stereocenters. The summed E-state index contributed by atoms with van der Waals surface area (Å²) in [5, 5.41) is 9.58. The Morgan fingerprint density at radius 1 is 1.58 bits per heavy atom. The highest BCUT2D eigenvalue weighted by molar-refractivity contribution is 7.89. The van der Waals surface area contributed by atoms with E-state index in [0.717, 1.165) is 12.8 Å². The van der Waals surface area contributed by atoms with Crippen molar-refractivity contribution >= 4 is 10.0 Å². The van der Waals surface area contributed by atoms with Crippen molar-refractivity contribution in [1.82, 2.24) is 19.8 Å². The number of aromatic nitrogens is 2. The molecule has 19 heavy (non-hydrogen) atoms. The van der Waals surface area contributed by atoms with E-state index in [-0.39, 0.29) is 11.1 Å². The van der Waals surface area contributed by atoms with Gasteiger partial charge in [-0.05, 0) is 19.9 Å². The topological polar surface area (TPSA) is 87.3 Å². The van der Waals surface area contributed by atoms with E-state index in [0.29, 0.717) is 25.3 Å². The van der Waals surface area contributed by atoms with Gasteiger partial charge in [0, 0.05) is 31.8 Å². The van der Waals surface area contributed by atoms with Gasteiger partial charge in [0.25, 0.3) is 10.0 Å². The normalized spacial score (nSPS) is 16.2. The first-order chi connectivity index (χ1) is 9.11. The average Bonchev–Trinajstić information content (AvgIpc) is 3.08. The zero-order valence-electron chi connectivity index (χ0n) is 11.2. The number of hydrogen-bond donors (Lipinski definition) is 2. The maximum Gasteiger partial charge on any atom is 0.260 e. The van der Waals surface area contributed by atoms with E-state index in [9.17, 15) is 8.42 Å². The van der Waals surface area contributed by atoms with Gasteiger partial charge in [-0.1, -0.05) is 0 Å². The van der Waals surface area contributed by atoms with Crippen LogP contribution in [0.15, 0.2) is 11.2 Å². The fourth-order valence-electron chi connectivity index (χ4n) is 2.00. The summed E-state index contributed by atoms with van der Waals surface area (Å²) in [4.78, 5) is 0. The molecule has 1 aromatic rings. The van der Waals surface area contributed by atoms with Crippen LogP contribution in [0.25, 0.3) is 0 Å². The lowest BCUT2D eigenvalue weighted by atomic mass is 10.4. The highest BCUT2D eigenvalue weighted by atomic mass is 32.2. The van der Waals surface area contributed by atoms with Gasteiger partial charge in [0.15, 0.2) is 5.03 Å². The minimum atomic E-state index is -3.52. The second-order valence-electron chi connectivity index (χ2n) is 4.59. The molecular weight excluding hydrogens is 268 g/mol. The van der Waals surface area contributed by atoms with Crippen LogP contribution in [0.1, 0.15) is 18.4 Å². The van der Waals surface area contributed by atoms with Crippen molar-refractivity contribution in [1.29, 1.82) is 0 Å². The summed E-state index contributed by atoms with van der Waals surface area (Å²) in [6.07, 6.45) is 3.38. The van der Waals surface area contributed by atoms with E-state index in [2.05, 4.69) is 15.5 Å². The maximum atomic E-state index is 12.6. The second-order valence-corrected chi connectivity index (χ2v) is 6.42. The van der Waals surface area contributed by atoms with Gasteiger partial charge in [-0.25, -0.2) is 8.42 Å². The summed E-state index contributed by atoms with van der Waals surface area (Å²) in [6.45, 7) is 1.24. The Balaban J connectivity index is 2.25. The van der Waals surface area contributed by atoms with Gasteiger partial charge in [0.2, 0.25) is 0 Å². The Morgan fingerprint density at radius 2 is 2.32 bits per heavy atom. The number of nitrogens with one attached hydrogen (secondary N) is 2. The highest BCUT2D eigenvalue weighted by Gasteiger charge is 2.39. The largest absolute Gasteiger partial charge is 0.383 e. The molecule has 1 aromatic heterocycles. The molecule has 1 fully saturated rings. The minimum absolute atomic E-state index is 0.103. The molecule has 0 amide bonds. The molecule has 0 saturated heterocycles. The Bertz CT molecular complexity index is 510. The third-order valence-corrected chi connectivity index (χ3v) is 5.05. The molecule has 1 aliphatic carbocycles. The number of H-pyrrole nitrogens is 1. The number of rotatable bonds is 8. The molecule has 108 valence electrons. The number of aromatic amines is 1. The lowest BCUT2D eigenvalue weighted by Crippen LogP contribution is -2.36. The fourth-order valence-corrected chi connectivity index (χ4v) is 3.78. The molecule has 2 rings (SSSR count). The summed E-state index contributed by atoms with van der Waals surface area (Å²) >= 11 is 0. The van der Waals surface area contributed by atoms with E-state index >= 15 is 0 Å². The lowest BCUT2D eigenvalue weighted by molar-refractivity contribution is 0.177. The zero-order chi connectivity index (χ0) is 13.9. The van der Waals surface area contributed by atoms with Crippen molar-refractivity contribution in [3.63, 3.8) is 0 Å². The standard InChI is InChI=1S/C11H20N4O3S/c1-12-7-9-8-13-14-11(9)19(16,17)15(5-6-18-2)10-3-4-10/h8,10,12H,3-7H2,1-2H3,(H,13,14). The summed E-state index contributed by atoms with van der Waals surface area (Å²) in [5.74, 6) is 0. The van der Waals surface area contributed by atoms with Crippen molar-refractivity contribution in [2.24, 2.45) is 0 Å². The Kier molecular flexibility index (Phi) is 4.56. The summed E-state index contributed by atoms with van der Waals surface area (Å²) < 4.78 is 31.8. The SMILES string of the molecule is CNCc1cn[nH]c1S(=O)(=O)N(CCOC)C1CC1. The molecule has 1 heterocycles. The molecule has 0 aromatic carbocycles. The first-order valence-corrected chi connectivity index (χ1v) is 7.73. The molecule has 0 radical (unpaired) electrons. The van der Waals surface area contributed by atoms with Gasteiger partial charge in [-0.15, -0.1) is 0 Å². The van der Waals surface area contributed by atoms with Crippen LogP contribution in [0.4, 0.5) is 0 Å². The molecule has 0 unspecified atom stereocenters. The van der Waals surface area contributed by atoms with Crippen LogP contribution < -0.4 is 5.32 Å². The van der Waals surface area contributed by atoms with Crippen LogP contribution in [0.5, 0.6) is 0 Å². The van der Waals surface area contributed by atoms with Crippen molar-refractivity contribution in [2.75, 3.05) is 27.3 Å². The molecule has 0 aliphatic heterocycles. The van der Waals surface area contributed by atoms with E-state index in [1.807, 2.05) is 0 Å². The Morgan fingerprint density at radius 3 is 2.89 bits per heavy atom. The van der Waals surface area contributed by atoms with Crippen molar-refractivity contribution in [3.05, 3.63) is 11.8 Å². The third-order valence-electron chi connectivity index (χ3n) is 3.08. The number of ether oxygens (including phenoxy) is 1. The van der Waals surface area contributed by atoms with Gasteiger partial charge in [0.05, 0.1) is 12.8 Å². The monoisotopic (exact) mass is 288 g/mol. The molecule has 7 nitrogen and oxygen atoms in total. The van der Waals surface area contributed by atoms with Crippen LogP contribution in [-0.4, -0.2) is 56.3 Å². The summed E-state index contributed by atoms with van der Waals surface area (Å²) in [7, 11) is -0.184. The van der Waals surface area contributed by atoms with Gasteiger partial charge in [-0.3, -0.25) is 5.10 Å². The lowest BCUT2D eigenvalue weighted by Gasteiger charge is -2.21. The Labute approximate surface area is 113 Å². The maximum absolute atomic E-state index is 12.6. The molecule has 0 bridgehead atoms. The van der Waals surface area contributed by atoms with Crippen LogP contribution in [0.3, 0.4) is 0 Å². The molecule has 0 spiro atoms. The van der Waals surface area contributed by atoms with E-state index in [4.69, 9.17) is 4.74 Å². The Hall–Kier alpha value is -0.960. The first-order valence-electron chi connectivity index (χ1n) is 6.29. The number of methoxy groups -OCH3 is 1. The van der Waals surface area contributed by atoms with Crippen LogP contribution >= 0.6 is 0 Å². The van der Waals surface area contributed by atoms with Crippen LogP contribution in [0, 0.1) is 0 Å². The fraction of sp³-hybridized carbons (Fsp3) is 0.727. The van der Waals surface area contributed by atoms with E-state index < -0.39 is 10.0 Å². The molecule has 1 saturated carbocycles.